The fourth-order valence-corrected chi connectivity index (χ4v) is 6.31. The van der Waals surface area contributed by atoms with Gasteiger partial charge in [-0.3, -0.25) is 0 Å². The first-order valence-electron chi connectivity index (χ1n) is 11.9. The second-order valence-corrected chi connectivity index (χ2v) is 10.4. The van der Waals surface area contributed by atoms with Crippen LogP contribution in [0, 0.1) is 0 Å². The van der Waals surface area contributed by atoms with Crippen LogP contribution < -0.4 is 10.6 Å². The zero-order chi connectivity index (χ0) is 24.9. The second-order valence-electron chi connectivity index (χ2n) is 9.33. The molecule has 1 aromatic carbocycles. The molecular weight excluding hydrogens is 496 g/mol. The number of fused-ring (bicyclic) bond motifs is 2. The Balaban J connectivity index is 1.37. The Hall–Kier alpha value is -2.99. The number of hydrogen-bond donors (Lipinski definition) is 2. The highest BCUT2D eigenvalue weighted by atomic mass is 32.1. The number of thiophene rings is 1. The number of benzene rings is 1. The Bertz CT molecular complexity index is 1380. The molecule has 7 nitrogen and oxygen atoms in total. The van der Waals surface area contributed by atoms with Crippen LogP contribution in [0.3, 0.4) is 0 Å². The third-order valence-corrected chi connectivity index (χ3v) is 8.15. The molecule has 1 saturated heterocycles. The van der Waals surface area contributed by atoms with E-state index in [9.17, 15) is 17.6 Å². The predicted octanol–water partition coefficient (Wildman–Crippen LogP) is 5.09. The number of alkyl halides is 4. The zero-order valence-corrected chi connectivity index (χ0v) is 20.0. The van der Waals surface area contributed by atoms with Crippen molar-refractivity contribution < 1.29 is 22.1 Å². The molecule has 3 aromatic heterocycles. The molecule has 0 spiro atoms. The first-order valence-corrected chi connectivity index (χ1v) is 12.7. The van der Waals surface area contributed by atoms with Crippen LogP contribution in [0.25, 0.3) is 20.8 Å². The van der Waals surface area contributed by atoms with E-state index in [1.54, 1.807) is 24.4 Å². The lowest BCUT2D eigenvalue weighted by atomic mass is 9.99. The van der Waals surface area contributed by atoms with Gasteiger partial charge >= 0.3 is 6.18 Å². The van der Waals surface area contributed by atoms with E-state index in [-0.39, 0.29) is 23.9 Å². The van der Waals surface area contributed by atoms with Crippen LogP contribution >= 0.6 is 11.3 Å². The Morgan fingerprint density at radius 3 is 2.97 bits per heavy atom. The van der Waals surface area contributed by atoms with Crippen LogP contribution in [-0.2, 0) is 19.4 Å². The SMILES string of the molecule is F[C@H]1CNCC[C@H]1Nc1cccc2c(CC(F)(F)F)c(-c3noc(C4CCc5nccn5C4)n3)sc12. The molecule has 2 aliphatic heterocycles. The molecule has 1 unspecified atom stereocenters. The van der Waals surface area contributed by atoms with Gasteiger partial charge < -0.3 is 19.7 Å². The molecule has 5 heterocycles. The highest BCUT2D eigenvalue weighted by molar-refractivity contribution is 7.23. The average molecular weight is 521 g/mol. The molecule has 3 atom stereocenters. The van der Waals surface area contributed by atoms with Crippen molar-refractivity contribution >= 4 is 27.1 Å². The van der Waals surface area contributed by atoms with Gasteiger partial charge in [0.2, 0.25) is 11.7 Å². The largest absolute Gasteiger partial charge is 0.393 e. The van der Waals surface area contributed by atoms with E-state index in [0.717, 1.165) is 18.7 Å². The summed E-state index contributed by atoms with van der Waals surface area (Å²) >= 11 is 1.18. The Morgan fingerprint density at radius 2 is 2.14 bits per heavy atom. The molecule has 190 valence electrons. The van der Waals surface area contributed by atoms with Crippen LogP contribution in [0.5, 0.6) is 0 Å². The number of hydrogen-bond acceptors (Lipinski definition) is 7. The molecule has 0 amide bonds. The lowest BCUT2D eigenvalue weighted by molar-refractivity contribution is -0.126. The van der Waals surface area contributed by atoms with Crippen molar-refractivity contribution in [3.8, 4) is 10.7 Å². The van der Waals surface area contributed by atoms with Crippen LogP contribution in [0.4, 0.5) is 23.2 Å². The average Bonchev–Trinajstić information content (AvgIpc) is 3.58. The normalized spacial score (nSPS) is 22.6. The lowest BCUT2D eigenvalue weighted by Gasteiger charge is -2.28. The molecule has 36 heavy (non-hydrogen) atoms. The maximum absolute atomic E-state index is 14.4. The van der Waals surface area contributed by atoms with Crippen LogP contribution in [0.2, 0.25) is 0 Å². The van der Waals surface area contributed by atoms with E-state index in [4.69, 9.17) is 4.52 Å². The Labute approximate surface area is 207 Å². The summed E-state index contributed by atoms with van der Waals surface area (Å²) in [6.45, 7) is 1.56. The van der Waals surface area contributed by atoms with Gasteiger partial charge in [0.15, 0.2) is 0 Å². The molecule has 4 aromatic rings. The monoisotopic (exact) mass is 520 g/mol. The molecule has 0 aliphatic carbocycles. The van der Waals surface area contributed by atoms with Gasteiger partial charge in [0.25, 0.3) is 0 Å². The maximum Gasteiger partial charge on any atom is 0.393 e. The van der Waals surface area contributed by atoms with Gasteiger partial charge in [0.05, 0.1) is 33.6 Å². The van der Waals surface area contributed by atoms with Crippen molar-refractivity contribution in [3.05, 3.63) is 47.9 Å². The van der Waals surface area contributed by atoms with Gasteiger partial charge in [0.1, 0.15) is 12.0 Å². The van der Waals surface area contributed by atoms with Crippen molar-refractivity contribution in [2.24, 2.45) is 0 Å². The van der Waals surface area contributed by atoms with Gasteiger partial charge in [-0.25, -0.2) is 9.37 Å². The minimum atomic E-state index is -4.42. The maximum atomic E-state index is 14.4. The van der Waals surface area contributed by atoms with E-state index in [2.05, 4.69) is 25.8 Å². The summed E-state index contributed by atoms with van der Waals surface area (Å²) in [5.74, 6) is 1.52. The summed E-state index contributed by atoms with van der Waals surface area (Å²) in [7, 11) is 0. The van der Waals surface area contributed by atoms with Gasteiger partial charge in [-0.05, 0) is 36.4 Å². The predicted molar refractivity (Wildman–Crippen MR) is 128 cm³/mol. The number of anilines is 1. The molecule has 2 aliphatic rings. The number of piperidine rings is 1. The minimum absolute atomic E-state index is 0.0352. The topological polar surface area (TPSA) is 80.8 Å². The third kappa shape index (κ3) is 4.47. The molecule has 0 bridgehead atoms. The molecule has 0 saturated carbocycles. The van der Waals surface area contributed by atoms with E-state index < -0.39 is 24.8 Å². The molecule has 1 fully saturated rings. The summed E-state index contributed by atoms with van der Waals surface area (Å²) in [5.41, 5.74) is 0.728. The quantitative estimate of drug-likeness (QED) is 0.357. The molecule has 0 radical (unpaired) electrons. The number of nitrogens with zero attached hydrogens (tertiary/aromatic N) is 4. The minimum Gasteiger partial charge on any atom is -0.378 e. The lowest BCUT2D eigenvalue weighted by Crippen LogP contribution is -2.45. The van der Waals surface area contributed by atoms with Crippen molar-refractivity contribution in [2.75, 3.05) is 18.4 Å². The van der Waals surface area contributed by atoms with E-state index >= 15 is 0 Å². The fraction of sp³-hybridized carbons (Fsp3) is 0.458. The molecular formula is C24H24F4N6OS. The van der Waals surface area contributed by atoms with Crippen molar-refractivity contribution in [1.82, 2.24) is 25.0 Å². The summed E-state index contributed by atoms with van der Waals surface area (Å²) < 4.78 is 63.6. The fourth-order valence-electron chi connectivity index (χ4n) is 5.09. The van der Waals surface area contributed by atoms with Crippen LogP contribution in [-0.4, -0.2) is 51.2 Å². The number of imidazole rings is 1. The first-order chi connectivity index (χ1) is 17.4. The highest BCUT2D eigenvalue weighted by Gasteiger charge is 2.34. The molecule has 2 N–H and O–H groups in total. The summed E-state index contributed by atoms with van der Waals surface area (Å²) in [4.78, 5) is 9.20. The van der Waals surface area contributed by atoms with Gasteiger partial charge in [-0.2, -0.15) is 18.2 Å². The van der Waals surface area contributed by atoms with Crippen molar-refractivity contribution in [3.63, 3.8) is 0 Å². The van der Waals surface area contributed by atoms with Crippen LogP contribution in [0.1, 0.15) is 36.0 Å². The van der Waals surface area contributed by atoms with Crippen LogP contribution in [0.15, 0.2) is 35.1 Å². The van der Waals surface area contributed by atoms with Crippen molar-refractivity contribution in [1.29, 1.82) is 0 Å². The zero-order valence-electron chi connectivity index (χ0n) is 19.2. The Morgan fingerprint density at radius 1 is 1.25 bits per heavy atom. The van der Waals surface area contributed by atoms with Gasteiger partial charge in [-0.1, -0.05) is 17.3 Å². The Kier molecular flexibility index (Phi) is 5.95. The number of halogens is 4. The summed E-state index contributed by atoms with van der Waals surface area (Å²) in [6, 6.07) is 4.73. The summed E-state index contributed by atoms with van der Waals surface area (Å²) in [6.07, 6.45) is -0.860. The van der Waals surface area contributed by atoms with E-state index in [0.29, 0.717) is 46.1 Å². The first kappa shape index (κ1) is 23.4. The smallest absolute Gasteiger partial charge is 0.378 e. The second kappa shape index (κ2) is 9.15. The molecule has 6 rings (SSSR count). The third-order valence-electron chi connectivity index (χ3n) is 6.87. The van der Waals surface area contributed by atoms with E-state index in [1.807, 2.05) is 10.8 Å². The number of aryl methyl sites for hydroxylation is 1. The number of nitrogens with one attached hydrogen (secondary N) is 2. The highest BCUT2D eigenvalue weighted by Crippen LogP contribution is 2.44. The number of rotatable bonds is 5. The van der Waals surface area contributed by atoms with Gasteiger partial charge in [-0.15, -0.1) is 11.3 Å². The molecule has 12 heteroatoms. The standard InChI is InChI=1S/C24H24F4N6OS/c25-16-11-29-7-6-17(16)31-18-3-1-2-14-15(10-24(26,27)28)21(36-20(14)18)22-32-23(35-33-22)13-4-5-19-30-8-9-34(19)12-13/h1-3,8-9,13,16-17,29,31H,4-7,10-12H2/t13?,16-,17+/m0/s1. The van der Waals surface area contributed by atoms with Gasteiger partial charge in [0, 0.05) is 31.9 Å². The van der Waals surface area contributed by atoms with Crippen molar-refractivity contribution in [2.45, 2.75) is 56.5 Å². The summed E-state index contributed by atoms with van der Waals surface area (Å²) in [5, 5.41) is 10.8. The van der Waals surface area contributed by atoms with E-state index in [1.165, 1.54) is 11.3 Å². The number of aromatic nitrogens is 4.